The highest BCUT2D eigenvalue weighted by atomic mass is 35.5. The lowest BCUT2D eigenvalue weighted by atomic mass is 10.2. The number of amides is 2. The van der Waals surface area contributed by atoms with Crippen molar-refractivity contribution in [2.24, 2.45) is 0 Å². The molecule has 0 heterocycles. The Hall–Kier alpha value is -2.45. The Morgan fingerprint density at radius 2 is 1.74 bits per heavy atom. The molecular formula is C18H14ClF3N2O2S. The maximum atomic E-state index is 12.3. The first-order valence-corrected chi connectivity index (χ1v) is 8.74. The predicted octanol–water partition coefficient (Wildman–Crippen LogP) is 5.56. The molecule has 0 radical (unpaired) electrons. The molecule has 0 aliphatic heterocycles. The average molecular weight is 415 g/mol. The lowest BCUT2D eigenvalue weighted by Crippen LogP contribution is -2.09. The number of rotatable bonds is 5. The predicted molar refractivity (Wildman–Crippen MR) is 102 cm³/mol. The lowest BCUT2D eigenvalue weighted by Gasteiger charge is -2.08. The van der Waals surface area contributed by atoms with Crippen molar-refractivity contribution in [1.29, 1.82) is 0 Å². The molecule has 0 bridgehead atoms. The first-order valence-electron chi connectivity index (χ1n) is 7.54. The van der Waals surface area contributed by atoms with E-state index in [0.717, 1.165) is 0 Å². The number of thioether (sulfide) groups is 1. The molecule has 0 unspecified atom stereocenters. The molecule has 0 spiro atoms. The number of benzene rings is 2. The minimum atomic E-state index is -4.34. The molecule has 27 heavy (non-hydrogen) atoms. The summed E-state index contributed by atoms with van der Waals surface area (Å²) in [6.45, 7) is 1.35. The van der Waals surface area contributed by atoms with Gasteiger partial charge in [-0.25, -0.2) is 0 Å². The molecular weight excluding hydrogens is 401 g/mol. The van der Waals surface area contributed by atoms with E-state index in [9.17, 15) is 22.8 Å². The molecule has 2 N–H and O–H groups in total. The van der Waals surface area contributed by atoms with Crippen LogP contribution in [0.25, 0.3) is 6.08 Å². The van der Waals surface area contributed by atoms with Gasteiger partial charge in [0.25, 0.3) is 0 Å². The van der Waals surface area contributed by atoms with Crippen LogP contribution in [0.15, 0.2) is 53.4 Å². The molecule has 2 aromatic carbocycles. The van der Waals surface area contributed by atoms with Crippen molar-refractivity contribution in [2.75, 3.05) is 10.6 Å². The summed E-state index contributed by atoms with van der Waals surface area (Å²) in [6.07, 6.45) is 2.73. The Kier molecular flexibility index (Phi) is 6.92. The normalized spacial score (nSPS) is 11.4. The molecule has 0 aliphatic carbocycles. The van der Waals surface area contributed by atoms with E-state index in [4.69, 9.17) is 11.6 Å². The fourth-order valence-corrected chi connectivity index (χ4v) is 2.79. The van der Waals surface area contributed by atoms with E-state index < -0.39 is 11.4 Å². The Morgan fingerprint density at radius 1 is 1.07 bits per heavy atom. The number of carbonyl (C=O) groups is 2. The molecule has 2 rings (SSSR count). The van der Waals surface area contributed by atoms with Crippen molar-refractivity contribution in [3.05, 3.63) is 59.1 Å². The summed E-state index contributed by atoms with van der Waals surface area (Å²) >= 11 is 5.82. The SMILES string of the molecule is CC(=O)Nc1ccc(NC(=O)/C=C/c2ccc(SC(F)(F)F)cc2)cc1Cl. The van der Waals surface area contributed by atoms with Crippen LogP contribution in [0.2, 0.25) is 5.02 Å². The summed E-state index contributed by atoms with van der Waals surface area (Å²) in [7, 11) is 0. The lowest BCUT2D eigenvalue weighted by molar-refractivity contribution is -0.114. The number of carbonyl (C=O) groups excluding carboxylic acids is 2. The first kappa shape index (κ1) is 20.9. The van der Waals surface area contributed by atoms with Gasteiger partial charge in [0.15, 0.2) is 0 Å². The largest absolute Gasteiger partial charge is 0.446 e. The molecule has 0 saturated carbocycles. The zero-order chi connectivity index (χ0) is 20.0. The van der Waals surface area contributed by atoms with Gasteiger partial charge in [-0.05, 0) is 53.7 Å². The van der Waals surface area contributed by atoms with Gasteiger partial charge >= 0.3 is 5.51 Å². The number of hydrogen-bond donors (Lipinski definition) is 2. The minimum Gasteiger partial charge on any atom is -0.325 e. The second-order valence-electron chi connectivity index (χ2n) is 5.32. The number of anilines is 2. The quantitative estimate of drug-likeness (QED) is 0.497. The van der Waals surface area contributed by atoms with Crippen LogP contribution in [-0.2, 0) is 9.59 Å². The Morgan fingerprint density at radius 3 is 2.30 bits per heavy atom. The summed E-state index contributed by atoms with van der Waals surface area (Å²) in [4.78, 5) is 23.0. The molecule has 0 aromatic heterocycles. The summed E-state index contributed by atoms with van der Waals surface area (Å²) in [5.41, 5.74) is -2.90. The van der Waals surface area contributed by atoms with Crippen molar-refractivity contribution in [3.63, 3.8) is 0 Å². The van der Waals surface area contributed by atoms with Gasteiger partial charge in [-0.2, -0.15) is 13.2 Å². The molecule has 0 atom stereocenters. The molecule has 0 aliphatic rings. The monoisotopic (exact) mass is 414 g/mol. The summed E-state index contributed by atoms with van der Waals surface area (Å²) in [5, 5.41) is 5.42. The van der Waals surface area contributed by atoms with Crippen LogP contribution in [0.1, 0.15) is 12.5 Å². The third kappa shape index (κ3) is 7.36. The highest BCUT2D eigenvalue weighted by molar-refractivity contribution is 8.00. The number of alkyl halides is 3. The number of hydrogen-bond acceptors (Lipinski definition) is 3. The Labute approximate surface area is 162 Å². The standard InChI is InChI=1S/C18H14ClF3N2O2S/c1-11(25)23-16-8-5-13(10-15(16)19)24-17(26)9-4-12-2-6-14(7-3-12)27-18(20,21)22/h2-10H,1H3,(H,23,25)(H,24,26)/b9-4+. The summed E-state index contributed by atoms with van der Waals surface area (Å²) in [5.74, 6) is -0.705. The van der Waals surface area contributed by atoms with Gasteiger partial charge in [-0.15, -0.1) is 0 Å². The van der Waals surface area contributed by atoms with Crippen molar-refractivity contribution in [1.82, 2.24) is 0 Å². The average Bonchev–Trinajstić information content (AvgIpc) is 2.55. The number of halogens is 4. The van der Waals surface area contributed by atoms with Gasteiger partial charge in [-0.3, -0.25) is 9.59 Å². The molecule has 0 saturated heterocycles. The molecule has 4 nitrogen and oxygen atoms in total. The van der Waals surface area contributed by atoms with E-state index in [1.165, 1.54) is 49.4 Å². The fraction of sp³-hybridized carbons (Fsp3) is 0.111. The van der Waals surface area contributed by atoms with Crippen molar-refractivity contribution in [3.8, 4) is 0 Å². The summed E-state index contributed by atoms with van der Waals surface area (Å²) < 4.78 is 36.9. The first-order chi connectivity index (χ1) is 12.6. The van der Waals surface area contributed by atoms with E-state index in [-0.39, 0.29) is 27.6 Å². The van der Waals surface area contributed by atoms with E-state index in [0.29, 0.717) is 16.9 Å². The minimum absolute atomic E-state index is 0.0676. The second-order valence-corrected chi connectivity index (χ2v) is 6.86. The third-order valence-electron chi connectivity index (χ3n) is 3.09. The molecule has 2 aromatic rings. The van der Waals surface area contributed by atoms with E-state index in [2.05, 4.69) is 10.6 Å². The Balaban J connectivity index is 1.97. The van der Waals surface area contributed by atoms with Gasteiger partial charge < -0.3 is 10.6 Å². The van der Waals surface area contributed by atoms with Crippen molar-refractivity contribution < 1.29 is 22.8 Å². The van der Waals surface area contributed by atoms with Crippen molar-refractivity contribution in [2.45, 2.75) is 17.3 Å². The summed E-state index contributed by atoms with van der Waals surface area (Å²) in [6, 6.07) is 10.2. The number of nitrogens with one attached hydrogen (secondary N) is 2. The van der Waals surface area contributed by atoms with Crippen LogP contribution < -0.4 is 10.6 Å². The molecule has 0 fully saturated rings. The molecule has 2 amide bonds. The van der Waals surface area contributed by atoms with Crippen molar-refractivity contribution >= 4 is 52.6 Å². The topological polar surface area (TPSA) is 58.2 Å². The van der Waals surface area contributed by atoms with E-state index in [1.54, 1.807) is 12.1 Å². The highest BCUT2D eigenvalue weighted by Crippen LogP contribution is 2.36. The van der Waals surface area contributed by atoms with Crippen LogP contribution in [0.3, 0.4) is 0 Å². The smallest absolute Gasteiger partial charge is 0.325 e. The molecule has 142 valence electrons. The van der Waals surface area contributed by atoms with Gasteiger partial charge in [0.1, 0.15) is 0 Å². The van der Waals surface area contributed by atoms with Crippen LogP contribution in [0.5, 0.6) is 0 Å². The fourth-order valence-electron chi connectivity index (χ4n) is 2.02. The highest BCUT2D eigenvalue weighted by Gasteiger charge is 2.28. The maximum Gasteiger partial charge on any atom is 0.446 e. The van der Waals surface area contributed by atoms with Gasteiger partial charge in [0.05, 0.1) is 10.7 Å². The van der Waals surface area contributed by atoms with E-state index in [1.807, 2.05) is 0 Å². The zero-order valence-corrected chi connectivity index (χ0v) is 15.5. The Bertz CT molecular complexity index is 868. The van der Waals surface area contributed by atoms with Crippen LogP contribution in [-0.4, -0.2) is 17.3 Å². The van der Waals surface area contributed by atoms with Gasteiger partial charge in [0.2, 0.25) is 11.8 Å². The van der Waals surface area contributed by atoms with Crippen LogP contribution >= 0.6 is 23.4 Å². The van der Waals surface area contributed by atoms with Crippen LogP contribution in [0.4, 0.5) is 24.5 Å². The van der Waals surface area contributed by atoms with Gasteiger partial charge in [-0.1, -0.05) is 23.7 Å². The van der Waals surface area contributed by atoms with Crippen LogP contribution in [0, 0.1) is 0 Å². The second kappa shape index (κ2) is 8.96. The van der Waals surface area contributed by atoms with E-state index >= 15 is 0 Å². The zero-order valence-electron chi connectivity index (χ0n) is 13.9. The maximum absolute atomic E-state index is 12.3. The third-order valence-corrected chi connectivity index (χ3v) is 4.14. The molecule has 9 heteroatoms. The van der Waals surface area contributed by atoms with Gasteiger partial charge in [0, 0.05) is 23.6 Å².